The van der Waals surface area contributed by atoms with Crippen LogP contribution >= 0.6 is 0 Å². The van der Waals surface area contributed by atoms with E-state index in [1.165, 1.54) is 0 Å². The van der Waals surface area contributed by atoms with Crippen LogP contribution in [0.15, 0.2) is 107 Å². The molecule has 0 N–H and O–H groups in total. The summed E-state index contributed by atoms with van der Waals surface area (Å²) in [5.41, 5.74) is 1.96. The van der Waals surface area contributed by atoms with E-state index in [9.17, 15) is 10.2 Å². The van der Waals surface area contributed by atoms with Gasteiger partial charge in [0.05, 0.1) is 0 Å². The summed E-state index contributed by atoms with van der Waals surface area (Å²) in [6.45, 7) is 16.3. The molecular formula is C40H40N4O2. The Bertz CT molecular complexity index is 2010. The number of hydrogen-bond donors (Lipinski definition) is 0. The highest BCUT2D eigenvalue weighted by Gasteiger charge is 2.54. The predicted octanol–water partition coefficient (Wildman–Crippen LogP) is 4.03. The van der Waals surface area contributed by atoms with E-state index in [2.05, 4.69) is 111 Å². The van der Waals surface area contributed by atoms with Crippen LogP contribution in [-0.4, -0.2) is 54.8 Å². The van der Waals surface area contributed by atoms with E-state index in [0.29, 0.717) is 0 Å². The first-order chi connectivity index (χ1) is 21.7. The highest BCUT2D eigenvalue weighted by atomic mass is 16.3. The van der Waals surface area contributed by atoms with Gasteiger partial charge in [0.15, 0.2) is 22.2 Å². The Morgan fingerprint density at radius 2 is 0.739 bits per heavy atom. The molecule has 2 aliphatic carbocycles. The van der Waals surface area contributed by atoms with Crippen molar-refractivity contribution in [3.63, 3.8) is 0 Å². The number of rotatable bonds is 0. The standard InChI is InChI=1S/C40H40N4O2/c1-37(2)39(5,6)43(35(45)41-37)27-21-17-25(18-22-27)33-29-13-9-11-15-31(29)34(32-16-12-10-14-30(32)33)26-19-23-28(24-20-26)44-36(46)42-38(3,4)40(44,7)8/h9-24H,1-8H3. The van der Waals surface area contributed by atoms with Gasteiger partial charge in [0, 0.05) is 0 Å². The number of benzene rings is 3. The SMILES string of the molecule is CC1(C)N=C([O-])[N+](=C2C=CC(=c3c4ccccc4c(=C4C=CC(=[N+]5C([O-])=NC(C)(C)C5(C)C)C=C4)c4ccccc34)C=C2)C1(C)C. The Balaban J connectivity index is 1.45. The van der Waals surface area contributed by atoms with Gasteiger partial charge in [-0.3, -0.25) is 0 Å². The zero-order chi connectivity index (χ0) is 32.8. The summed E-state index contributed by atoms with van der Waals surface area (Å²) >= 11 is 0. The molecule has 7 rings (SSSR count). The van der Waals surface area contributed by atoms with Crippen molar-refractivity contribution in [1.29, 1.82) is 0 Å². The lowest BCUT2D eigenvalue weighted by Crippen LogP contribution is -2.51. The Morgan fingerprint density at radius 3 is 0.978 bits per heavy atom. The van der Waals surface area contributed by atoms with Crippen molar-refractivity contribution in [3.8, 4) is 0 Å². The maximum absolute atomic E-state index is 13.0. The van der Waals surface area contributed by atoms with Gasteiger partial charge < -0.3 is 10.2 Å². The lowest BCUT2D eigenvalue weighted by Gasteiger charge is -2.29. The van der Waals surface area contributed by atoms with Crippen LogP contribution in [0, 0.1) is 0 Å². The third-order valence-corrected chi connectivity index (χ3v) is 11.0. The molecule has 2 aliphatic heterocycles. The molecule has 46 heavy (non-hydrogen) atoms. The lowest BCUT2D eigenvalue weighted by atomic mass is 9.83. The van der Waals surface area contributed by atoms with Crippen molar-refractivity contribution < 1.29 is 19.4 Å². The van der Waals surface area contributed by atoms with E-state index in [1.807, 2.05) is 61.2 Å². The monoisotopic (exact) mass is 608 g/mol. The van der Waals surface area contributed by atoms with Crippen LogP contribution in [0.1, 0.15) is 55.4 Å². The molecule has 6 heteroatoms. The van der Waals surface area contributed by atoms with E-state index >= 15 is 0 Å². The molecule has 0 radical (unpaired) electrons. The molecule has 2 heterocycles. The molecule has 0 bridgehead atoms. The quantitative estimate of drug-likeness (QED) is 0.286. The molecule has 6 nitrogen and oxygen atoms in total. The molecule has 232 valence electrons. The second-order valence-electron chi connectivity index (χ2n) is 14.6. The molecule has 0 saturated heterocycles. The van der Waals surface area contributed by atoms with Crippen LogP contribution in [-0.2, 0) is 0 Å². The average molecular weight is 609 g/mol. The third kappa shape index (κ3) is 4.15. The van der Waals surface area contributed by atoms with Crippen molar-refractivity contribution in [3.05, 3.63) is 108 Å². The van der Waals surface area contributed by atoms with Crippen LogP contribution in [0.2, 0.25) is 0 Å². The molecule has 3 aromatic carbocycles. The third-order valence-electron chi connectivity index (χ3n) is 11.0. The molecule has 3 aromatic rings. The van der Waals surface area contributed by atoms with E-state index in [1.54, 1.807) is 0 Å². The minimum atomic E-state index is -0.491. The second-order valence-corrected chi connectivity index (χ2v) is 14.6. The molecule has 4 aliphatic rings. The van der Waals surface area contributed by atoms with Gasteiger partial charge in [-0.15, -0.1) is 0 Å². The number of amidine groups is 2. The van der Waals surface area contributed by atoms with Gasteiger partial charge in [0.1, 0.15) is 11.4 Å². The summed E-state index contributed by atoms with van der Waals surface area (Å²) in [7, 11) is 0. The smallest absolute Gasteiger partial charge is 0.265 e. The van der Waals surface area contributed by atoms with E-state index < -0.39 is 22.2 Å². The van der Waals surface area contributed by atoms with Gasteiger partial charge >= 0.3 is 0 Å². The summed E-state index contributed by atoms with van der Waals surface area (Å²) in [5.74, 6) is 0. The van der Waals surface area contributed by atoms with Crippen LogP contribution in [0.4, 0.5) is 0 Å². The fraction of sp³-hybridized carbons (Fsp3) is 0.300. The van der Waals surface area contributed by atoms with Gasteiger partial charge in [0.2, 0.25) is 0 Å². The Kier molecular flexibility index (Phi) is 6.38. The maximum Gasteiger partial charge on any atom is 0.265 e. The van der Waals surface area contributed by atoms with Crippen LogP contribution < -0.4 is 20.7 Å². The minimum absolute atomic E-state index is 0.204. The van der Waals surface area contributed by atoms with Gasteiger partial charge in [-0.1, -0.05) is 82.8 Å². The Morgan fingerprint density at radius 1 is 0.457 bits per heavy atom. The summed E-state index contributed by atoms with van der Waals surface area (Å²) < 4.78 is 3.62. The van der Waals surface area contributed by atoms with Gasteiger partial charge in [0.25, 0.3) is 12.0 Å². The topological polar surface area (TPSA) is 76.9 Å². The summed E-state index contributed by atoms with van der Waals surface area (Å²) in [6.07, 6.45) is 16.6. The first kappa shape index (κ1) is 29.8. The van der Waals surface area contributed by atoms with Crippen molar-refractivity contribution in [1.82, 2.24) is 0 Å². The van der Waals surface area contributed by atoms with Gasteiger partial charge in [-0.25, -0.2) is 9.15 Å². The summed E-state index contributed by atoms with van der Waals surface area (Å²) in [4.78, 5) is 8.88. The van der Waals surface area contributed by atoms with Crippen molar-refractivity contribution >= 4 is 56.2 Å². The molecule has 0 atom stereocenters. The van der Waals surface area contributed by atoms with E-state index in [-0.39, 0.29) is 12.0 Å². The molecule has 0 aromatic heterocycles. The van der Waals surface area contributed by atoms with E-state index in [4.69, 9.17) is 0 Å². The van der Waals surface area contributed by atoms with Crippen molar-refractivity contribution in [2.75, 3.05) is 0 Å². The Hall–Kier alpha value is -4.84. The number of aliphatic imine (C=N–C) groups is 2. The molecule has 0 unspecified atom stereocenters. The highest BCUT2D eigenvalue weighted by molar-refractivity contribution is 6.12. The minimum Gasteiger partial charge on any atom is -0.807 e. The van der Waals surface area contributed by atoms with Crippen molar-refractivity contribution in [2.24, 2.45) is 9.98 Å². The summed E-state index contributed by atoms with van der Waals surface area (Å²) in [5, 5.41) is 32.9. The number of fused-ring (bicyclic) bond motifs is 2. The van der Waals surface area contributed by atoms with Gasteiger partial charge in [-0.2, -0.15) is 0 Å². The molecular weight excluding hydrogens is 568 g/mol. The van der Waals surface area contributed by atoms with Crippen LogP contribution in [0.5, 0.6) is 0 Å². The zero-order valence-electron chi connectivity index (χ0n) is 27.8. The zero-order valence-corrected chi connectivity index (χ0v) is 27.8. The van der Waals surface area contributed by atoms with Gasteiger partial charge in [-0.05, 0) is 123 Å². The average Bonchev–Trinajstić information content (AvgIpc) is 3.27. The molecule has 0 fully saturated rings. The maximum atomic E-state index is 13.0. The normalized spacial score (nSPS) is 22.4. The first-order valence-electron chi connectivity index (χ1n) is 15.9. The molecule has 0 spiro atoms. The number of allylic oxidation sites excluding steroid dienone is 8. The largest absolute Gasteiger partial charge is 0.807 e. The number of hydrogen-bond acceptors (Lipinski definition) is 4. The summed E-state index contributed by atoms with van der Waals surface area (Å²) in [6, 6.07) is 16.7. The number of nitrogens with zero attached hydrogens (tertiary/aromatic N) is 4. The van der Waals surface area contributed by atoms with E-state index in [0.717, 1.165) is 54.6 Å². The first-order valence-corrected chi connectivity index (χ1v) is 15.9. The van der Waals surface area contributed by atoms with Crippen molar-refractivity contribution in [2.45, 2.75) is 77.5 Å². The van der Waals surface area contributed by atoms with Crippen LogP contribution in [0.25, 0.3) is 32.7 Å². The Labute approximate surface area is 270 Å². The van der Waals surface area contributed by atoms with Crippen LogP contribution in [0.3, 0.4) is 0 Å². The molecule has 0 saturated carbocycles. The second kappa shape index (κ2) is 9.83. The fourth-order valence-corrected chi connectivity index (χ4v) is 7.05. The fourth-order valence-electron chi connectivity index (χ4n) is 7.05. The highest BCUT2D eigenvalue weighted by Crippen LogP contribution is 2.35. The lowest BCUT2D eigenvalue weighted by molar-refractivity contribution is -0.551. The molecule has 0 amide bonds. The predicted molar refractivity (Wildman–Crippen MR) is 186 cm³/mol.